The molecule has 118 valence electrons. The fourth-order valence-electron chi connectivity index (χ4n) is 2.98. The number of hydrogen-bond acceptors (Lipinski definition) is 3. The molecule has 0 aromatic heterocycles. The maximum Gasteiger partial charge on any atom is 0.245 e. The highest BCUT2D eigenvalue weighted by Gasteiger charge is 2.32. The molecular formula is C15H23FN2O2S. The average molecular weight is 314 g/mol. The van der Waals surface area contributed by atoms with Crippen LogP contribution in [0.25, 0.3) is 0 Å². The summed E-state index contributed by atoms with van der Waals surface area (Å²) in [5.41, 5.74) is 0. The summed E-state index contributed by atoms with van der Waals surface area (Å²) in [4.78, 5) is 2.14. The molecule has 0 saturated carbocycles. The lowest BCUT2D eigenvalue weighted by molar-refractivity contribution is 0.152. The lowest BCUT2D eigenvalue weighted by Gasteiger charge is -2.37. The van der Waals surface area contributed by atoms with Crippen LogP contribution in [-0.2, 0) is 10.0 Å². The Balaban J connectivity index is 2.10. The second-order valence-corrected chi connectivity index (χ2v) is 7.19. The van der Waals surface area contributed by atoms with Gasteiger partial charge < -0.3 is 4.90 Å². The fraction of sp³-hybridized carbons (Fsp3) is 0.600. The predicted molar refractivity (Wildman–Crippen MR) is 81.1 cm³/mol. The Kier molecular flexibility index (Phi) is 5.35. The van der Waals surface area contributed by atoms with Crippen LogP contribution in [0.1, 0.15) is 26.7 Å². The Morgan fingerprint density at radius 1 is 1.19 bits per heavy atom. The van der Waals surface area contributed by atoms with Crippen molar-refractivity contribution in [2.45, 2.75) is 37.6 Å². The van der Waals surface area contributed by atoms with Crippen molar-refractivity contribution in [3.05, 3.63) is 30.1 Å². The molecule has 0 unspecified atom stereocenters. The smallest absolute Gasteiger partial charge is 0.245 e. The molecule has 1 aliphatic heterocycles. The second-order valence-electron chi connectivity index (χ2n) is 5.29. The highest BCUT2D eigenvalue weighted by Crippen LogP contribution is 2.24. The molecular weight excluding hydrogens is 291 g/mol. The summed E-state index contributed by atoms with van der Waals surface area (Å²) in [6, 6.07) is 6.00. The quantitative estimate of drug-likeness (QED) is 0.837. The maximum absolute atomic E-state index is 13.7. The molecule has 1 fully saturated rings. The van der Waals surface area contributed by atoms with Gasteiger partial charge in [-0.25, -0.2) is 12.8 Å². The number of sulfonamides is 1. The summed E-state index contributed by atoms with van der Waals surface area (Å²) in [6.07, 6.45) is 1.60. The minimum absolute atomic E-state index is 0.216. The predicted octanol–water partition coefficient (Wildman–Crippen LogP) is 2.32. The summed E-state index contributed by atoms with van der Waals surface area (Å²) >= 11 is 0. The van der Waals surface area contributed by atoms with E-state index in [0.29, 0.717) is 19.1 Å². The van der Waals surface area contributed by atoms with Crippen LogP contribution in [0.3, 0.4) is 0 Å². The number of hydrogen-bond donors (Lipinski definition) is 0. The molecule has 1 heterocycles. The van der Waals surface area contributed by atoms with Gasteiger partial charge in [-0.1, -0.05) is 26.0 Å². The largest absolute Gasteiger partial charge is 0.301 e. The minimum Gasteiger partial charge on any atom is -0.301 e. The van der Waals surface area contributed by atoms with Crippen LogP contribution in [0.4, 0.5) is 4.39 Å². The van der Waals surface area contributed by atoms with E-state index in [2.05, 4.69) is 18.7 Å². The van der Waals surface area contributed by atoms with Gasteiger partial charge in [-0.3, -0.25) is 0 Å². The van der Waals surface area contributed by atoms with E-state index in [-0.39, 0.29) is 4.90 Å². The standard InChI is InChI=1S/C15H23FN2O2S/c1-3-17(4-2)13-9-11-18(12-10-13)21(19,20)15-8-6-5-7-14(15)16/h5-8,13H,3-4,9-12H2,1-2H3. The summed E-state index contributed by atoms with van der Waals surface area (Å²) < 4.78 is 40.1. The molecule has 0 bridgehead atoms. The molecule has 4 nitrogen and oxygen atoms in total. The van der Waals surface area contributed by atoms with Gasteiger partial charge in [0.15, 0.2) is 0 Å². The van der Waals surface area contributed by atoms with E-state index in [1.165, 1.54) is 22.5 Å². The third-order valence-electron chi connectivity index (χ3n) is 4.21. The summed E-state index contributed by atoms with van der Waals surface area (Å²) in [5, 5.41) is 0. The van der Waals surface area contributed by atoms with Gasteiger partial charge in [-0.15, -0.1) is 0 Å². The first-order chi connectivity index (χ1) is 10.0. The Morgan fingerprint density at radius 3 is 2.29 bits per heavy atom. The zero-order valence-corrected chi connectivity index (χ0v) is 13.4. The number of halogens is 1. The average Bonchev–Trinajstić information content (AvgIpc) is 2.49. The number of piperidine rings is 1. The van der Waals surface area contributed by atoms with Crippen molar-refractivity contribution in [2.24, 2.45) is 0 Å². The number of nitrogens with zero attached hydrogens (tertiary/aromatic N) is 2. The van der Waals surface area contributed by atoms with Crippen molar-refractivity contribution >= 4 is 10.0 Å². The Labute approximate surface area is 126 Å². The monoisotopic (exact) mass is 314 g/mol. The Hall–Kier alpha value is -0.980. The summed E-state index contributed by atoms with van der Waals surface area (Å²) in [5.74, 6) is -0.677. The van der Waals surface area contributed by atoms with Crippen LogP contribution in [0.15, 0.2) is 29.2 Å². The van der Waals surface area contributed by atoms with Crippen molar-refractivity contribution in [2.75, 3.05) is 26.2 Å². The van der Waals surface area contributed by atoms with Crippen LogP contribution in [0, 0.1) is 5.82 Å². The zero-order chi connectivity index (χ0) is 15.5. The Bertz CT molecular complexity index is 565. The molecule has 1 saturated heterocycles. The molecule has 0 radical (unpaired) electrons. The van der Waals surface area contributed by atoms with Crippen molar-refractivity contribution in [3.8, 4) is 0 Å². The highest BCUT2D eigenvalue weighted by molar-refractivity contribution is 7.89. The van der Waals surface area contributed by atoms with Gasteiger partial charge in [-0.05, 0) is 38.1 Å². The second kappa shape index (κ2) is 6.85. The fourth-order valence-corrected chi connectivity index (χ4v) is 4.52. The van der Waals surface area contributed by atoms with Gasteiger partial charge in [0.2, 0.25) is 10.0 Å². The van der Waals surface area contributed by atoms with E-state index >= 15 is 0 Å². The molecule has 0 atom stereocenters. The summed E-state index contributed by atoms with van der Waals surface area (Å²) in [6.45, 7) is 7.09. The molecule has 1 aromatic carbocycles. The first-order valence-corrected chi connectivity index (χ1v) is 8.93. The molecule has 6 heteroatoms. The molecule has 2 rings (SSSR count). The van der Waals surface area contributed by atoms with Gasteiger partial charge in [0, 0.05) is 19.1 Å². The first kappa shape index (κ1) is 16.4. The molecule has 0 spiro atoms. The maximum atomic E-state index is 13.7. The molecule has 21 heavy (non-hydrogen) atoms. The van der Waals surface area contributed by atoms with E-state index in [1.807, 2.05) is 0 Å². The van der Waals surface area contributed by atoms with Crippen molar-refractivity contribution in [1.82, 2.24) is 9.21 Å². The number of benzene rings is 1. The van der Waals surface area contributed by atoms with Gasteiger partial charge in [0.1, 0.15) is 10.7 Å². The molecule has 1 aromatic rings. The number of rotatable bonds is 5. The molecule has 0 aliphatic carbocycles. The third-order valence-corrected chi connectivity index (χ3v) is 6.14. The van der Waals surface area contributed by atoms with E-state index in [9.17, 15) is 12.8 Å². The van der Waals surface area contributed by atoms with Gasteiger partial charge in [0.05, 0.1) is 0 Å². The highest BCUT2D eigenvalue weighted by atomic mass is 32.2. The topological polar surface area (TPSA) is 40.6 Å². The third kappa shape index (κ3) is 3.44. The SMILES string of the molecule is CCN(CC)C1CCN(S(=O)(=O)c2ccccc2F)CC1. The molecule has 0 N–H and O–H groups in total. The van der Waals surface area contributed by atoms with E-state index in [4.69, 9.17) is 0 Å². The Morgan fingerprint density at radius 2 is 1.76 bits per heavy atom. The molecule has 1 aliphatic rings. The van der Waals surface area contributed by atoms with Gasteiger partial charge >= 0.3 is 0 Å². The van der Waals surface area contributed by atoms with Crippen LogP contribution >= 0.6 is 0 Å². The normalized spacial score (nSPS) is 18.3. The van der Waals surface area contributed by atoms with Gasteiger partial charge in [0.25, 0.3) is 0 Å². The van der Waals surface area contributed by atoms with Crippen molar-refractivity contribution < 1.29 is 12.8 Å². The first-order valence-electron chi connectivity index (χ1n) is 7.49. The van der Waals surface area contributed by atoms with Crippen LogP contribution < -0.4 is 0 Å². The van der Waals surface area contributed by atoms with Crippen LogP contribution in [0.2, 0.25) is 0 Å². The lowest BCUT2D eigenvalue weighted by Crippen LogP contribution is -2.46. The lowest BCUT2D eigenvalue weighted by atomic mass is 10.1. The molecule has 0 amide bonds. The van der Waals surface area contributed by atoms with E-state index < -0.39 is 15.8 Å². The van der Waals surface area contributed by atoms with Gasteiger partial charge in [-0.2, -0.15) is 4.31 Å². The van der Waals surface area contributed by atoms with Crippen molar-refractivity contribution in [1.29, 1.82) is 0 Å². The van der Waals surface area contributed by atoms with E-state index in [1.54, 1.807) is 6.07 Å². The van der Waals surface area contributed by atoms with Crippen LogP contribution in [-0.4, -0.2) is 49.8 Å². The minimum atomic E-state index is -3.72. The summed E-state index contributed by atoms with van der Waals surface area (Å²) in [7, 11) is -3.72. The van der Waals surface area contributed by atoms with Crippen molar-refractivity contribution in [3.63, 3.8) is 0 Å². The zero-order valence-electron chi connectivity index (χ0n) is 12.6. The van der Waals surface area contributed by atoms with Crippen LogP contribution in [0.5, 0.6) is 0 Å². The van der Waals surface area contributed by atoms with E-state index in [0.717, 1.165) is 25.9 Å².